The van der Waals surface area contributed by atoms with Gasteiger partial charge >= 0.3 is 5.97 Å². The van der Waals surface area contributed by atoms with Gasteiger partial charge in [0.2, 0.25) is 11.8 Å². The third-order valence-electron chi connectivity index (χ3n) is 21.1. The van der Waals surface area contributed by atoms with Crippen molar-refractivity contribution in [1.29, 1.82) is 0 Å². The monoisotopic (exact) mass is 1500 g/mol. The van der Waals surface area contributed by atoms with E-state index in [-0.39, 0.29) is 12.3 Å². The second kappa shape index (κ2) is 53.2. The van der Waals surface area contributed by atoms with Crippen LogP contribution in [0.3, 0.4) is 0 Å². The predicted octanol–water partition coefficient (Wildman–Crippen LogP) is 5.57. The maximum atomic E-state index is 13.6. The molecule has 28 heteroatoms. The summed E-state index contributed by atoms with van der Waals surface area (Å²) in [5.41, 5.74) is 0. The molecule has 16 N–H and O–H groups in total. The fourth-order valence-electron chi connectivity index (χ4n) is 14.8. The molecule has 4 rings (SSSR count). The van der Waals surface area contributed by atoms with E-state index < -0.39 is 204 Å². The molecule has 4 heterocycles. The van der Waals surface area contributed by atoms with Crippen molar-refractivity contribution in [3.05, 3.63) is 0 Å². The maximum Gasteiger partial charge on any atom is 0.364 e. The Morgan fingerprint density at radius 1 is 0.490 bits per heavy atom. The molecule has 23 atom stereocenters. The van der Waals surface area contributed by atoms with E-state index in [4.69, 9.17) is 37.9 Å². The lowest BCUT2D eigenvalue weighted by molar-refractivity contribution is -0.403. The Hall–Kier alpha value is -2.76. The number of carbonyl (C=O) groups excluding carboxylic acids is 3. The molecular weight excluding hydrogens is 1360 g/mol. The van der Waals surface area contributed by atoms with Crippen LogP contribution in [0.4, 0.5) is 0 Å². The van der Waals surface area contributed by atoms with E-state index in [1.165, 1.54) is 167 Å². The smallest absolute Gasteiger partial charge is 0.364 e. The first kappa shape index (κ1) is 93.6. The molecule has 104 heavy (non-hydrogen) atoms. The number of unbranched alkanes of at least 4 members (excludes halogenated alkanes) is 34. The van der Waals surface area contributed by atoms with E-state index in [2.05, 4.69) is 24.5 Å². The molecule has 0 spiro atoms. The molecule has 2 amide bonds. The number of hydrogen-bond donors (Lipinski definition) is 16. The highest BCUT2D eigenvalue weighted by Crippen LogP contribution is 2.41. The molecule has 610 valence electrons. The maximum absolute atomic E-state index is 13.6. The number of rotatable bonds is 59. The Morgan fingerprint density at radius 3 is 1.37 bits per heavy atom. The number of aliphatic hydroxyl groups excluding tert-OH is 13. The van der Waals surface area contributed by atoms with Crippen molar-refractivity contribution in [3.8, 4) is 0 Å². The molecule has 28 nitrogen and oxygen atoms in total. The Bertz CT molecular complexity index is 2270. The molecule has 4 aliphatic rings. The SMILES string of the molecule is CCCCCCCCCCCCCCCCCCCCCCCCCC(=O)NC(COC1OC(CO)C(OC2OC(CO)C(OC3OC(CO)C(O)C(O)C3CC(C)=O)C(OC3(C(=O)O)CC(O)C(NC(C)=O)C(C(O)C(O)CO)O3)C2O)C(O)C1O)C(O)CCCCCCCCCCCCCCC. The number of Topliss-reactive ketones (excluding diaryl/α,β-unsaturated/α-hetero) is 1. The Morgan fingerprint density at radius 2 is 0.923 bits per heavy atom. The van der Waals surface area contributed by atoms with Crippen molar-refractivity contribution in [1.82, 2.24) is 10.6 Å². The molecule has 0 saturated carbocycles. The lowest BCUT2D eigenvalue weighted by Gasteiger charge is -2.52. The summed E-state index contributed by atoms with van der Waals surface area (Å²) in [5, 5.41) is 161. The zero-order valence-electron chi connectivity index (χ0n) is 63.2. The van der Waals surface area contributed by atoms with Crippen molar-refractivity contribution >= 4 is 23.6 Å². The normalized spacial score (nSPS) is 30.7. The minimum Gasteiger partial charge on any atom is -0.477 e. The average Bonchev–Trinajstić information content (AvgIpc) is 0.749. The van der Waals surface area contributed by atoms with Crippen LogP contribution in [0.25, 0.3) is 0 Å². The zero-order valence-corrected chi connectivity index (χ0v) is 63.2. The number of hydrogen-bond acceptors (Lipinski definition) is 25. The number of amides is 2. The van der Waals surface area contributed by atoms with Gasteiger partial charge in [0.25, 0.3) is 5.79 Å². The molecule has 23 unspecified atom stereocenters. The number of carboxylic acid groups (broad SMARTS) is 1. The minimum atomic E-state index is -3.26. The van der Waals surface area contributed by atoms with Crippen LogP contribution < -0.4 is 10.6 Å². The number of carboxylic acids is 1. The molecule has 0 aromatic rings. The molecule has 4 aliphatic heterocycles. The topological polar surface area (TPSA) is 449 Å². The zero-order chi connectivity index (χ0) is 76.4. The fraction of sp³-hybridized carbons (Fsp3) is 0.947. The number of aliphatic carboxylic acids is 1. The lowest BCUT2D eigenvalue weighted by Crippen LogP contribution is -2.71. The number of ether oxygens (including phenoxy) is 8. The summed E-state index contributed by atoms with van der Waals surface area (Å²) in [6, 6.07) is -2.70. The molecule has 0 radical (unpaired) electrons. The largest absolute Gasteiger partial charge is 0.477 e. The van der Waals surface area contributed by atoms with Gasteiger partial charge in [-0.1, -0.05) is 239 Å². The summed E-state index contributed by atoms with van der Waals surface area (Å²) in [6.07, 6.45) is 5.10. The van der Waals surface area contributed by atoms with Crippen LogP contribution in [0, 0.1) is 5.92 Å². The standard InChI is InChI=1S/C76H140N2O26/c1-5-7-9-11-13-15-17-19-20-21-22-23-24-25-26-27-28-30-32-34-36-38-40-42-60(88)78-53(54(85)41-39-37-35-33-31-29-18-16-14-12-10-8-6-2)49-97-73-66(93)65(92)68(58(47-81)99-73)101-74-67(94)71(69(59(48-82)100-74)102-72-52(43-50(3)83)62(89)64(91)57(46-80)98-72)104-76(75(95)96)44-55(86)61(77-51(4)84)70(103-76)63(90)56(87)45-79/h52-59,61-74,79-82,85-87,89-94H,5-49H2,1-4H3,(H,77,84)(H,78,88)(H,95,96). The van der Waals surface area contributed by atoms with Crippen LogP contribution in [0.1, 0.15) is 285 Å². The van der Waals surface area contributed by atoms with Crippen molar-refractivity contribution in [2.75, 3.05) is 33.0 Å². The van der Waals surface area contributed by atoms with Crippen LogP contribution >= 0.6 is 0 Å². The Kier molecular flexibility index (Phi) is 47.9. The number of aliphatic hydroxyl groups is 13. The Balaban J connectivity index is 1.44. The van der Waals surface area contributed by atoms with Crippen LogP contribution in [0.2, 0.25) is 0 Å². The van der Waals surface area contributed by atoms with Crippen molar-refractivity contribution in [2.24, 2.45) is 5.92 Å². The van der Waals surface area contributed by atoms with Gasteiger partial charge < -0.3 is 125 Å². The number of carbonyl (C=O) groups is 4. The molecule has 0 bridgehead atoms. The van der Waals surface area contributed by atoms with E-state index in [9.17, 15) is 90.7 Å². The summed E-state index contributed by atoms with van der Waals surface area (Å²) in [4.78, 5) is 52.2. The molecule has 4 saturated heterocycles. The molecule has 0 aromatic heterocycles. The summed E-state index contributed by atoms with van der Waals surface area (Å²) >= 11 is 0. The second-order valence-electron chi connectivity index (χ2n) is 30.0. The van der Waals surface area contributed by atoms with Gasteiger partial charge in [0.1, 0.15) is 85.1 Å². The molecule has 4 fully saturated rings. The summed E-state index contributed by atoms with van der Waals surface area (Å²) in [5.74, 6) is -8.49. The van der Waals surface area contributed by atoms with Crippen LogP contribution in [0.5, 0.6) is 0 Å². The second-order valence-corrected chi connectivity index (χ2v) is 30.0. The summed E-state index contributed by atoms with van der Waals surface area (Å²) in [7, 11) is 0. The van der Waals surface area contributed by atoms with Gasteiger partial charge in [-0.25, -0.2) is 4.79 Å². The van der Waals surface area contributed by atoms with E-state index in [1.807, 2.05) is 0 Å². The minimum absolute atomic E-state index is 0.189. The van der Waals surface area contributed by atoms with E-state index in [1.54, 1.807) is 0 Å². The average molecular weight is 1500 g/mol. The van der Waals surface area contributed by atoms with Crippen molar-refractivity contribution < 1.29 is 129 Å². The van der Waals surface area contributed by atoms with Gasteiger partial charge in [0, 0.05) is 32.1 Å². The van der Waals surface area contributed by atoms with Gasteiger partial charge in [-0.15, -0.1) is 0 Å². The van der Waals surface area contributed by atoms with E-state index in [0.717, 1.165) is 65.2 Å². The van der Waals surface area contributed by atoms with E-state index in [0.29, 0.717) is 19.3 Å². The first-order chi connectivity index (χ1) is 50.0. The fourth-order valence-corrected chi connectivity index (χ4v) is 14.8. The molecule has 0 aliphatic carbocycles. The third-order valence-corrected chi connectivity index (χ3v) is 21.1. The molecular formula is C76H140N2O26. The predicted molar refractivity (Wildman–Crippen MR) is 384 cm³/mol. The van der Waals surface area contributed by atoms with Gasteiger partial charge in [-0.05, 0) is 19.8 Å². The van der Waals surface area contributed by atoms with Gasteiger partial charge in [-0.3, -0.25) is 9.59 Å². The third kappa shape index (κ3) is 32.7. The van der Waals surface area contributed by atoms with Crippen molar-refractivity contribution in [2.45, 2.75) is 419 Å². The van der Waals surface area contributed by atoms with Crippen LogP contribution in [-0.2, 0) is 57.1 Å². The van der Waals surface area contributed by atoms with Gasteiger partial charge in [-0.2, -0.15) is 0 Å². The number of ketones is 1. The highest BCUT2D eigenvalue weighted by atomic mass is 16.8. The summed E-state index contributed by atoms with van der Waals surface area (Å²) < 4.78 is 48.3. The van der Waals surface area contributed by atoms with Crippen LogP contribution in [-0.4, -0.2) is 262 Å². The number of nitrogens with one attached hydrogen (secondary N) is 2. The van der Waals surface area contributed by atoms with Gasteiger partial charge in [0.15, 0.2) is 18.9 Å². The summed E-state index contributed by atoms with van der Waals surface area (Å²) in [6.45, 7) is 2.04. The Labute approximate surface area is 618 Å². The van der Waals surface area contributed by atoms with Crippen molar-refractivity contribution in [3.63, 3.8) is 0 Å². The van der Waals surface area contributed by atoms with E-state index >= 15 is 0 Å². The van der Waals surface area contributed by atoms with Gasteiger partial charge in [0.05, 0.1) is 63.4 Å². The first-order valence-corrected chi connectivity index (χ1v) is 40.1. The molecule has 0 aromatic carbocycles. The first-order valence-electron chi connectivity index (χ1n) is 40.1. The van der Waals surface area contributed by atoms with Crippen LogP contribution in [0.15, 0.2) is 0 Å². The quantitative estimate of drug-likeness (QED) is 0.0331. The highest BCUT2D eigenvalue weighted by molar-refractivity contribution is 5.77. The highest BCUT2D eigenvalue weighted by Gasteiger charge is 2.62. The lowest BCUT2D eigenvalue weighted by atomic mass is 9.87.